The molecular formula is C22H19FN2O3. The maximum atomic E-state index is 13.7. The molecule has 0 heterocycles. The summed E-state index contributed by atoms with van der Waals surface area (Å²) in [7, 11) is 0. The summed E-state index contributed by atoms with van der Waals surface area (Å²) < 4.78 is 19.1. The van der Waals surface area contributed by atoms with E-state index in [0.717, 1.165) is 0 Å². The maximum Gasteiger partial charge on any atom is 0.255 e. The van der Waals surface area contributed by atoms with E-state index in [2.05, 4.69) is 10.6 Å². The number of carbonyl (C=O) groups excluding carboxylic acids is 2. The highest BCUT2D eigenvalue weighted by Crippen LogP contribution is 2.18. The van der Waals surface area contributed by atoms with Crippen molar-refractivity contribution in [1.29, 1.82) is 0 Å². The number of rotatable bonds is 6. The summed E-state index contributed by atoms with van der Waals surface area (Å²) in [5.74, 6) is -0.668. The van der Waals surface area contributed by atoms with E-state index in [0.29, 0.717) is 23.6 Å². The van der Waals surface area contributed by atoms with E-state index in [1.165, 1.54) is 24.3 Å². The SMILES string of the molecule is CCOc1ccc(NC(=O)c2cccc(C(=O)Nc3ccccc3F)c2)cc1. The van der Waals surface area contributed by atoms with Gasteiger partial charge >= 0.3 is 0 Å². The molecule has 0 fully saturated rings. The number of amides is 2. The highest BCUT2D eigenvalue weighted by atomic mass is 19.1. The van der Waals surface area contributed by atoms with Gasteiger partial charge in [-0.2, -0.15) is 0 Å². The van der Waals surface area contributed by atoms with Gasteiger partial charge in [0.05, 0.1) is 12.3 Å². The zero-order valence-electron chi connectivity index (χ0n) is 15.2. The topological polar surface area (TPSA) is 67.4 Å². The zero-order chi connectivity index (χ0) is 19.9. The smallest absolute Gasteiger partial charge is 0.255 e. The molecule has 0 aliphatic rings. The molecule has 0 bridgehead atoms. The van der Waals surface area contributed by atoms with Crippen molar-refractivity contribution in [2.75, 3.05) is 17.2 Å². The lowest BCUT2D eigenvalue weighted by atomic mass is 10.1. The van der Waals surface area contributed by atoms with Crippen LogP contribution in [0.5, 0.6) is 5.75 Å². The first-order chi connectivity index (χ1) is 13.6. The van der Waals surface area contributed by atoms with Crippen molar-refractivity contribution in [2.45, 2.75) is 6.92 Å². The van der Waals surface area contributed by atoms with Gasteiger partial charge < -0.3 is 15.4 Å². The van der Waals surface area contributed by atoms with E-state index >= 15 is 0 Å². The Hall–Kier alpha value is -3.67. The second-order valence-corrected chi connectivity index (χ2v) is 5.93. The highest BCUT2D eigenvalue weighted by Gasteiger charge is 2.12. The second kappa shape index (κ2) is 8.81. The Morgan fingerprint density at radius 1 is 0.857 bits per heavy atom. The number of hydrogen-bond donors (Lipinski definition) is 2. The molecule has 28 heavy (non-hydrogen) atoms. The van der Waals surface area contributed by atoms with Crippen LogP contribution in [0, 0.1) is 5.82 Å². The number of hydrogen-bond acceptors (Lipinski definition) is 3. The molecule has 0 unspecified atom stereocenters. The number of ether oxygens (including phenoxy) is 1. The van der Waals surface area contributed by atoms with Crippen LogP contribution in [-0.2, 0) is 0 Å². The monoisotopic (exact) mass is 378 g/mol. The van der Waals surface area contributed by atoms with Crippen molar-refractivity contribution >= 4 is 23.2 Å². The third-order valence-corrected chi connectivity index (χ3v) is 3.93. The predicted octanol–water partition coefficient (Wildman–Crippen LogP) is 4.73. The molecule has 0 radical (unpaired) electrons. The van der Waals surface area contributed by atoms with Crippen molar-refractivity contribution < 1.29 is 18.7 Å². The third-order valence-electron chi connectivity index (χ3n) is 3.93. The van der Waals surface area contributed by atoms with Gasteiger partial charge in [-0.15, -0.1) is 0 Å². The van der Waals surface area contributed by atoms with Gasteiger partial charge in [0.1, 0.15) is 11.6 Å². The molecule has 0 saturated carbocycles. The van der Waals surface area contributed by atoms with Crippen LogP contribution >= 0.6 is 0 Å². The molecule has 0 spiro atoms. The second-order valence-electron chi connectivity index (χ2n) is 5.93. The van der Waals surface area contributed by atoms with Crippen LogP contribution in [0.4, 0.5) is 15.8 Å². The quantitative estimate of drug-likeness (QED) is 0.652. The van der Waals surface area contributed by atoms with Crippen molar-refractivity contribution in [2.24, 2.45) is 0 Å². The third kappa shape index (κ3) is 4.73. The Balaban J connectivity index is 1.70. The van der Waals surface area contributed by atoms with E-state index in [4.69, 9.17) is 4.74 Å². The first-order valence-corrected chi connectivity index (χ1v) is 8.77. The number of anilines is 2. The van der Waals surface area contributed by atoms with Gasteiger partial charge in [-0.25, -0.2) is 4.39 Å². The fraction of sp³-hybridized carbons (Fsp3) is 0.0909. The van der Waals surface area contributed by atoms with Crippen LogP contribution in [0.1, 0.15) is 27.6 Å². The van der Waals surface area contributed by atoms with E-state index < -0.39 is 11.7 Å². The molecule has 2 N–H and O–H groups in total. The molecule has 3 rings (SSSR count). The van der Waals surface area contributed by atoms with Crippen LogP contribution in [0.25, 0.3) is 0 Å². The summed E-state index contributed by atoms with van der Waals surface area (Å²) in [5.41, 5.74) is 1.25. The Bertz CT molecular complexity index is 987. The fourth-order valence-electron chi connectivity index (χ4n) is 2.56. The minimum Gasteiger partial charge on any atom is -0.494 e. The Kier molecular flexibility index (Phi) is 6.01. The average Bonchev–Trinajstić information content (AvgIpc) is 2.71. The molecule has 5 nitrogen and oxygen atoms in total. The standard InChI is InChI=1S/C22H19FN2O3/c1-2-28-18-12-10-17(11-13-18)24-21(26)15-6-5-7-16(14-15)22(27)25-20-9-4-3-8-19(20)23/h3-14H,2H2,1H3,(H,24,26)(H,25,27). The van der Waals surface area contributed by atoms with Crippen molar-refractivity contribution in [3.05, 3.63) is 89.7 Å². The minimum absolute atomic E-state index is 0.0803. The van der Waals surface area contributed by atoms with E-state index in [9.17, 15) is 14.0 Å². The van der Waals surface area contributed by atoms with Gasteiger partial charge in [-0.1, -0.05) is 18.2 Å². The van der Waals surface area contributed by atoms with Crippen LogP contribution in [-0.4, -0.2) is 18.4 Å². The largest absolute Gasteiger partial charge is 0.494 e. The molecule has 0 aromatic heterocycles. The van der Waals surface area contributed by atoms with Gasteiger partial charge in [-0.3, -0.25) is 9.59 Å². The average molecular weight is 378 g/mol. The lowest BCUT2D eigenvalue weighted by Gasteiger charge is -2.09. The Morgan fingerprint density at radius 2 is 1.50 bits per heavy atom. The number of nitrogens with one attached hydrogen (secondary N) is 2. The summed E-state index contributed by atoms with van der Waals surface area (Å²) in [5, 5.41) is 5.27. The Labute approximate surface area is 162 Å². The van der Waals surface area contributed by atoms with Crippen LogP contribution < -0.4 is 15.4 Å². The molecule has 142 valence electrons. The van der Waals surface area contributed by atoms with E-state index in [1.807, 2.05) is 6.92 Å². The summed E-state index contributed by atoms with van der Waals surface area (Å²) in [4.78, 5) is 24.9. The van der Waals surface area contributed by atoms with Gasteiger partial charge in [0.25, 0.3) is 11.8 Å². The fourth-order valence-corrected chi connectivity index (χ4v) is 2.56. The number of para-hydroxylation sites is 1. The molecule has 3 aromatic carbocycles. The predicted molar refractivity (Wildman–Crippen MR) is 106 cm³/mol. The first kappa shape index (κ1) is 19.1. The lowest BCUT2D eigenvalue weighted by molar-refractivity contribution is 0.102. The molecule has 0 atom stereocenters. The van der Waals surface area contributed by atoms with Gasteiger partial charge in [0.15, 0.2) is 0 Å². The summed E-state index contributed by atoms with van der Waals surface area (Å²) in [6, 6.07) is 19.1. The van der Waals surface area contributed by atoms with Crippen LogP contribution in [0.2, 0.25) is 0 Å². The van der Waals surface area contributed by atoms with Gasteiger partial charge in [-0.05, 0) is 61.5 Å². The van der Waals surface area contributed by atoms with Crippen LogP contribution in [0.15, 0.2) is 72.8 Å². The van der Waals surface area contributed by atoms with Gasteiger partial charge in [0, 0.05) is 16.8 Å². The minimum atomic E-state index is -0.528. The lowest BCUT2D eigenvalue weighted by Crippen LogP contribution is -2.16. The summed E-state index contributed by atoms with van der Waals surface area (Å²) >= 11 is 0. The van der Waals surface area contributed by atoms with E-state index in [1.54, 1.807) is 48.5 Å². The number of halogens is 1. The van der Waals surface area contributed by atoms with Crippen molar-refractivity contribution in [1.82, 2.24) is 0 Å². The Morgan fingerprint density at radius 3 is 2.14 bits per heavy atom. The first-order valence-electron chi connectivity index (χ1n) is 8.77. The van der Waals surface area contributed by atoms with Crippen molar-refractivity contribution in [3.8, 4) is 5.75 Å². The summed E-state index contributed by atoms with van der Waals surface area (Å²) in [6.07, 6.45) is 0. The summed E-state index contributed by atoms with van der Waals surface area (Å²) in [6.45, 7) is 2.46. The van der Waals surface area contributed by atoms with Crippen LogP contribution in [0.3, 0.4) is 0 Å². The van der Waals surface area contributed by atoms with Crippen molar-refractivity contribution in [3.63, 3.8) is 0 Å². The number of benzene rings is 3. The molecule has 0 saturated heterocycles. The maximum absolute atomic E-state index is 13.7. The zero-order valence-corrected chi connectivity index (χ0v) is 15.2. The molecular weight excluding hydrogens is 359 g/mol. The molecule has 2 amide bonds. The van der Waals surface area contributed by atoms with E-state index in [-0.39, 0.29) is 17.2 Å². The molecule has 0 aliphatic heterocycles. The molecule has 3 aromatic rings. The molecule has 0 aliphatic carbocycles. The van der Waals surface area contributed by atoms with Gasteiger partial charge in [0.2, 0.25) is 0 Å². The highest BCUT2D eigenvalue weighted by molar-refractivity contribution is 6.08. The normalized spacial score (nSPS) is 10.2. The molecule has 6 heteroatoms. The number of carbonyl (C=O) groups is 2.